The number of para-hydroxylation sites is 1. The Morgan fingerprint density at radius 2 is 2.15 bits per heavy atom. The maximum atomic E-state index is 3.38. The minimum Gasteiger partial charge on any atom is -0.331 e. The van der Waals surface area contributed by atoms with Crippen LogP contribution in [0.15, 0.2) is 30.3 Å². The number of hydrogen-bond acceptors (Lipinski definition) is 1. The lowest BCUT2D eigenvalue weighted by atomic mass is 10.2. The van der Waals surface area contributed by atoms with Crippen molar-refractivity contribution in [2.24, 2.45) is 0 Å². The van der Waals surface area contributed by atoms with Gasteiger partial charge >= 0.3 is 0 Å². The SMILES string of the molecule is c1ccc2c(c1)cc1n2CNCC1. The summed E-state index contributed by atoms with van der Waals surface area (Å²) in [4.78, 5) is 0. The maximum Gasteiger partial charge on any atom is 0.0728 e. The van der Waals surface area contributed by atoms with Gasteiger partial charge in [-0.05, 0) is 17.5 Å². The monoisotopic (exact) mass is 172 g/mol. The van der Waals surface area contributed by atoms with Gasteiger partial charge in [-0.3, -0.25) is 5.32 Å². The standard InChI is InChI=1S/C11H12N2/c1-2-4-11-9(3-1)7-10-5-6-12-8-13(10)11/h1-4,7,12H,5-6,8H2. The molecule has 0 saturated heterocycles. The third-order valence-corrected chi connectivity index (χ3v) is 2.72. The van der Waals surface area contributed by atoms with Crippen molar-refractivity contribution in [3.8, 4) is 0 Å². The molecule has 1 aromatic heterocycles. The molecule has 0 aliphatic carbocycles. The first-order valence-electron chi connectivity index (χ1n) is 4.73. The number of rotatable bonds is 0. The zero-order chi connectivity index (χ0) is 8.67. The van der Waals surface area contributed by atoms with E-state index in [0.717, 1.165) is 19.6 Å². The Balaban J connectivity index is 2.34. The number of aromatic nitrogens is 1. The average Bonchev–Trinajstić information content (AvgIpc) is 2.56. The Hall–Kier alpha value is -1.28. The van der Waals surface area contributed by atoms with Gasteiger partial charge in [0.15, 0.2) is 0 Å². The number of nitrogens with one attached hydrogen (secondary N) is 1. The lowest BCUT2D eigenvalue weighted by Gasteiger charge is -2.17. The molecule has 2 heteroatoms. The van der Waals surface area contributed by atoms with Gasteiger partial charge in [0, 0.05) is 24.2 Å². The van der Waals surface area contributed by atoms with E-state index < -0.39 is 0 Å². The molecule has 0 fully saturated rings. The fourth-order valence-electron chi connectivity index (χ4n) is 2.07. The highest BCUT2D eigenvalue weighted by Crippen LogP contribution is 2.20. The zero-order valence-electron chi connectivity index (χ0n) is 7.46. The molecule has 0 atom stereocenters. The molecule has 2 heterocycles. The van der Waals surface area contributed by atoms with E-state index in [4.69, 9.17) is 0 Å². The summed E-state index contributed by atoms with van der Waals surface area (Å²) in [6.07, 6.45) is 1.15. The van der Waals surface area contributed by atoms with Crippen LogP contribution in [0.1, 0.15) is 5.69 Å². The molecule has 0 spiro atoms. The molecular formula is C11H12N2. The van der Waals surface area contributed by atoms with E-state index in [0.29, 0.717) is 0 Å². The van der Waals surface area contributed by atoms with Crippen LogP contribution in [-0.2, 0) is 13.1 Å². The second-order valence-corrected chi connectivity index (χ2v) is 3.53. The highest BCUT2D eigenvalue weighted by Gasteiger charge is 2.10. The molecule has 0 bridgehead atoms. The summed E-state index contributed by atoms with van der Waals surface area (Å²) < 4.78 is 2.36. The van der Waals surface area contributed by atoms with Crippen molar-refractivity contribution >= 4 is 10.9 Å². The first kappa shape index (κ1) is 7.15. The predicted molar refractivity (Wildman–Crippen MR) is 53.6 cm³/mol. The summed E-state index contributed by atoms with van der Waals surface area (Å²) >= 11 is 0. The minimum atomic E-state index is 0.961. The first-order chi connectivity index (χ1) is 6.45. The molecule has 3 rings (SSSR count). The van der Waals surface area contributed by atoms with E-state index in [1.165, 1.54) is 16.6 Å². The molecule has 0 unspecified atom stereocenters. The van der Waals surface area contributed by atoms with Gasteiger partial charge in [-0.1, -0.05) is 18.2 Å². The highest BCUT2D eigenvalue weighted by atomic mass is 15.1. The van der Waals surface area contributed by atoms with Gasteiger partial charge in [-0.2, -0.15) is 0 Å². The van der Waals surface area contributed by atoms with Crippen molar-refractivity contribution in [3.05, 3.63) is 36.0 Å². The highest BCUT2D eigenvalue weighted by molar-refractivity contribution is 5.81. The lowest BCUT2D eigenvalue weighted by Crippen LogP contribution is -2.28. The van der Waals surface area contributed by atoms with Crippen LogP contribution in [0.2, 0.25) is 0 Å². The lowest BCUT2D eigenvalue weighted by molar-refractivity contribution is 0.507. The second kappa shape index (κ2) is 2.60. The number of nitrogens with zero attached hydrogens (tertiary/aromatic N) is 1. The third kappa shape index (κ3) is 0.988. The van der Waals surface area contributed by atoms with Crippen molar-refractivity contribution in [2.45, 2.75) is 13.1 Å². The van der Waals surface area contributed by atoms with Crippen LogP contribution in [0.4, 0.5) is 0 Å². The molecule has 1 aliphatic heterocycles. The smallest absolute Gasteiger partial charge is 0.0728 e. The van der Waals surface area contributed by atoms with Gasteiger partial charge in [0.05, 0.1) is 6.67 Å². The number of hydrogen-bond donors (Lipinski definition) is 1. The Kier molecular flexibility index (Phi) is 1.43. The molecule has 1 N–H and O–H groups in total. The molecule has 2 aromatic rings. The van der Waals surface area contributed by atoms with Crippen LogP contribution >= 0.6 is 0 Å². The van der Waals surface area contributed by atoms with Crippen LogP contribution < -0.4 is 5.32 Å². The molecule has 0 saturated carbocycles. The van der Waals surface area contributed by atoms with E-state index >= 15 is 0 Å². The van der Waals surface area contributed by atoms with E-state index in [2.05, 4.69) is 40.2 Å². The van der Waals surface area contributed by atoms with E-state index in [9.17, 15) is 0 Å². The zero-order valence-corrected chi connectivity index (χ0v) is 7.46. The Labute approximate surface area is 77.2 Å². The topological polar surface area (TPSA) is 17.0 Å². The predicted octanol–water partition coefficient (Wildman–Crippen LogP) is 1.74. The van der Waals surface area contributed by atoms with E-state index in [-0.39, 0.29) is 0 Å². The Morgan fingerprint density at radius 1 is 1.23 bits per heavy atom. The van der Waals surface area contributed by atoms with Gasteiger partial charge < -0.3 is 4.57 Å². The van der Waals surface area contributed by atoms with Crippen LogP contribution in [0.5, 0.6) is 0 Å². The van der Waals surface area contributed by atoms with Crippen LogP contribution in [-0.4, -0.2) is 11.1 Å². The molecule has 0 radical (unpaired) electrons. The normalized spacial score (nSPS) is 16.0. The van der Waals surface area contributed by atoms with Crippen LogP contribution in [0, 0.1) is 0 Å². The summed E-state index contributed by atoms with van der Waals surface area (Å²) in [6, 6.07) is 10.9. The van der Waals surface area contributed by atoms with Gasteiger partial charge in [0.25, 0.3) is 0 Å². The summed E-state index contributed by atoms with van der Waals surface area (Å²) in [7, 11) is 0. The molecule has 0 amide bonds. The van der Waals surface area contributed by atoms with Crippen LogP contribution in [0.25, 0.3) is 10.9 Å². The molecular weight excluding hydrogens is 160 g/mol. The average molecular weight is 172 g/mol. The first-order valence-corrected chi connectivity index (χ1v) is 4.73. The summed E-state index contributed by atoms with van der Waals surface area (Å²) in [5.74, 6) is 0. The van der Waals surface area contributed by atoms with Gasteiger partial charge in [0.1, 0.15) is 0 Å². The third-order valence-electron chi connectivity index (χ3n) is 2.72. The summed E-state index contributed by atoms with van der Waals surface area (Å²) in [6.45, 7) is 2.07. The van der Waals surface area contributed by atoms with Crippen molar-refractivity contribution in [2.75, 3.05) is 6.54 Å². The molecule has 66 valence electrons. The van der Waals surface area contributed by atoms with Gasteiger partial charge in [0.2, 0.25) is 0 Å². The Morgan fingerprint density at radius 3 is 3.15 bits per heavy atom. The van der Waals surface area contributed by atoms with E-state index in [1.54, 1.807) is 0 Å². The molecule has 13 heavy (non-hydrogen) atoms. The van der Waals surface area contributed by atoms with Crippen molar-refractivity contribution < 1.29 is 0 Å². The number of fused-ring (bicyclic) bond motifs is 3. The number of benzene rings is 1. The van der Waals surface area contributed by atoms with Gasteiger partial charge in [-0.15, -0.1) is 0 Å². The molecule has 1 aliphatic rings. The summed E-state index contributed by atoms with van der Waals surface area (Å²) in [5, 5.41) is 4.74. The Bertz CT molecular complexity index is 442. The molecule has 2 nitrogen and oxygen atoms in total. The van der Waals surface area contributed by atoms with Crippen molar-refractivity contribution in [1.82, 2.24) is 9.88 Å². The van der Waals surface area contributed by atoms with Crippen molar-refractivity contribution in [3.63, 3.8) is 0 Å². The second-order valence-electron chi connectivity index (χ2n) is 3.53. The van der Waals surface area contributed by atoms with Crippen molar-refractivity contribution in [1.29, 1.82) is 0 Å². The quantitative estimate of drug-likeness (QED) is 0.640. The van der Waals surface area contributed by atoms with Crippen LogP contribution in [0.3, 0.4) is 0 Å². The maximum absolute atomic E-state index is 3.38. The van der Waals surface area contributed by atoms with Gasteiger partial charge in [-0.25, -0.2) is 0 Å². The largest absolute Gasteiger partial charge is 0.331 e. The summed E-state index contributed by atoms with van der Waals surface area (Å²) in [5.41, 5.74) is 2.81. The van der Waals surface area contributed by atoms with E-state index in [1.807, 2.05) is 0 Å². The molecule has 1 aromatic carbocycles. The fraction of sp³-hybridized carbons (Fsp3) is 0.273. The minimum absolute atomic E-state index is 0.961. The fourth-order valence-corrected chi connectivity index (χ4v) is 2.07.